The molecule has 3 aromatic rings. The van der Waals surface area contributed by atoms with E-state index in [9.17, 15) is 0 Å². The van der Waals surface area contributed by atoms with Crippen molar-refractivity contribution < 1.29 is 4.52 Å². The fourth-order valence-electron chi connectivity index (χ4n) is 1.48. The molecule has 3 heterocycles. The van der Waals surface area contributed by atoms with Crippen molar-refractivity contribution in [1.29, 1.82) is 0 Å². The Labute approximate surface area is 107 Å². The zero-order valence-corrected chi connectivity index (χ0v) is 10.1. The number of hydrogen-bond donors (Lipinski definition) is 1. The molecule has 3 rings (SSSR count). The molecule has 0 radical (unpaired) electrons. The lowest BCUT2D eigenvalue weighted by Crippen LogP contribution is -1.90. The fourth-order valence-corrected chi connectivity index (χ4v) is 2.05. The largest absolute Gasteiger partial charge is 0.375 e. The van der Waals surface area contributed by atoms with Gasteiger partial charge in [0.1, 0.15) is 5.69 Å². The van der Waals surface area contributed by atoms with Crippen LogP contribution < -0.4 is 5.73 Å². The molecule has 0 aliphatic carbocycles. The summed E-state index contributed by atoms with van der Waals surface area (Å²) in [5, 5.41) is 6.30. The summed E-state index contributed by atoms with van der Waals surface area (Å²) in [6.45, 7) is 0. The predicted octanol–water partition coefficient (Wildman–Crippen LogP) is 1.76. The molecule has 0 aromatic carbocycles. The molecule has 90 valence electrons. The lowest BCUT2D eigenvalue weighted by Gasteiger charge is -1.89. The average Bonchev–Trinajstić information content (AvgIpc) is 3.01. The van der Waals surface area contributed by atoms with Gasteiger partial charge in [-0.05, 0) is 12.1 Å². The molecule has 3 aromatic heterocycles. The van der Waals surface area contributed by atoms with Gasteiger partial charge < -0.3 is 10.3 Å². The minimum atomic E-state index is 0.480. The minimum absolute atomic E-state index is 0.480. The maximum Gasteiger partial charge on any atom is 0.233 e. The number of anilines is 1. The fraction of sp³-hybridized carbons (Fsp3) is 0.0909. The number of thiazole rings is 1. The van der Waals surface area contributed by atoms with Crippen LogP contribution in [0.15, 0.2) is 34.3 Å². The van der Waals surface area contributed by atoms with Crippen molar-refractivity contribution in [2.75, 3.05) is 5.73 Å². The first kappa shape index (κ1) is 10.8. The van der Waals surface area contributed by atoms with E-state index in [-0.39, 0.29) is 0 Å². The van der Waals surface area contributed by atoms with Gasteiger partial charge in [-0.1, -0.05) is 11.2 Å². The van der Waals surface area contributed by atoms with E-state index in [2.05, 4.69) is 20.1 Å². The van der Waals surface area contributed by atoms with Crippen LogP contribution in [0.3, 0.4) is 0 Å². The molecule has 0 bridgehead atoms. The second-order valence-corrected chi connectivity index (χ2v) is 4.47. The number of rotatable bonds is 3. The van der Waals surface area contributed by atoms with Gasteiger partial charge in [0.2, 0.25) is 11.7 Å². The molecule has 7 heteroatoms. The highest BCUT2D eigenvalue weighted by atomic mass is 32.1. The molecule has 0 saturated heterocycles. The van der Waals surface area contributed by atoms with Crippen LogP contribution >= 0.6 is 11.3 Å². The van der Waals surface area contributed by atoms with E-state index in [1.54, 1.807) is 6.20 Å². The molecule has 0 amide bonds. The van der Waals surface area contributed by atoms with Crippen molar-refractivity contribution in [1.82, 2.24) is 20.1 Å². The summed E-state index contributed by atoms with van der Waals surface area (Å²) in [6, 6.07) is 5.54. The molecule has 18 heavy (non-hydrogen) atoms. The maximum atomic E-state index is 5.56. The lowest BCUT2D eigenvalue weighted by molar-refractivity contribution is 0.385. The second kappa shape index (κ2) is 4.53. The Balaban J connectivity index is 1.82. The Bertz CT molecular complexity index is 648. The normalized spacial score (nSPS) is 10.7. The van der Waals surface area contributed by atoms with Crippen molar-refractivity contribution in [2.45, 2.75) is 6.42 Å². The Morgan fingerprint density at radius 3 is 2.94 bits per heavy atom. The van der Waals surface area contributed by atoms with Gasteiger partial charge in [0.25, 0.3) is 0 Å². The standard InChI is InChI=1S/C11H9N5OS/c12-11-14-7(6-18-11)5-9-15-10(16-17-9)8-3-1-2-4-13-8/h1-4,6H,5H2,(H2,12,14). The number of hydrogen-bond acceptors (Lipinski definition) is 7. The topological polar surface area (TPSA) is 90.7 Å². The molecular weight excluding hydrogens is 250 g/mol. The third-order valence-corrected chi connectivity index (χ3v) is 2.99. The summed E-state index contributed by atoms with van der Waals surface area (Å²) in [5.74, 6) is 0.981. The first-order valence-corrected chi connectivity index (χ1v) is 6.13. The van der Waals surface area contributed by atoms with E-state index in [0.29, 0.717) is 29.0 Å². The number of aromatic nitrogens is 4. The number of nitrogens with zero attached hydrogens (tertiary/aromatic N) is 4. The van der Waals surface area contributed by atoms with E-state index in [1.165, 1.54) is 11.3 Å². The van der Waals surface area contributed by atoms with Gasteiger partial charge in [0.05, 0.1) is 12.1 Å². The quantitative estimate of drug-likeness (QED) is 0.770. The maximum absolute atomic E-state index is 5.56. The summed E-state index contributed by atoms with van der Waals surface area (Å²) in [5.41, 5.74) is 7.07. The van der Waals surface area contributed by atoms with Crippen molar-refractivity contribution in [2.24, 2.45) is 0 Å². The average molecular weight is 259 g/mol. The third-order valence-electron chi connectivity index (χ3n) is 2.26. The number of nitrogen functional groups attached to an aromatic ring is 1. The Kier molecular flexibility index (Phi) is 2.73. The van der Waals surface area contributed by atoms with Gasteiger partial charge in [0.15, 0.2) is 5.13 Å². The molecule has 0 aliphatic heterocycles. The molecule has 0 aliphatic rings. The zero-order valence-electron chi connectivity index (χ0n) is 9.28. The Morgan fingerprint density at radius 2 is 2.22 bits per heavy atom. The highest BCUT2D eigenvalue weighted by molar-refractivity contribution is 7.13. The van der Waals surface area contributed by atoms with Crippen molar-refractivity contribution >= 4 is 16.5 Å². The first-order chi connectivity index (χ1) is 8.81. The Hall–Kier alpha value is -2.28. The van der Waals surface area contributed by atoms with Crippen molar-refractivity contribution in [3.05, 3.63) is 41.4 Å². The van der Waals surface area contributed by atoms with E-state index in [4.69, 9.17) is 10.3 Å². The van der Waals surface area contributed by atoms with Gasteiger partial charge >= 0.3 is 0 Å². The molecule has 0 fully saturated rings. The monoisotopic (exact) mass is 259 g/mol. The van der Waals surface area contributed by atoms with E-state index >= 15 is 0 Å². The molecule has 0 unspecified atom stereocenters. The predicted molar refractivity (Wildman–Crippen MR) is 66.9 cm³/mol. The van der Waals surface area contributed by atoms with Gasteiger partial charge in [0, 0.05) is 11.6 Å². The van der Waals surface area contributed by atoms with Crippen LogP contribution in [0.4, 0.5) is 5.13 Å². The molecule has 0 saturated carbocycles. The summed E-state index contributed by atoms with van der Waals surface area (Å²) >= 11 is 1.39. The lowest BCUT2D eigenvalue weighted by atomic mass is 10.3. The summed E-state index contributed by atoms with van der Waals surface area (Å²) in [7, 11) is 0. The van der Waals surface area contributed by atoms with E-state index in [0.717, 1.165) is 5.69 Å². The Morgan fingerprint density at radius 1 is 1.28 bits per heavy atom. The van der Waals surface area contributed by atoms with E-state index in [1.807, 2.05) is 23.6 Å². The zero-order chi connectivity index (χ0) is 12.4. The molecular formula is C11H9N5OS. The van der Waals surface area contributed by atoms with Crippen LogP contribution in [0.25, 0.3) is 11.5 Å². The van der Waals surface area contributed by atoms with Crippen LogP contribution in [-0.4, -0.2) is 20.1 Å². The van der Waals surface area contributed by atoms with Crippen LogP contribution in [0.5, 0.6) is 0 Å². The van der Waals surface area contributed by atoms with Gasteiger partial charge in [-0.3, -0.25) is 4.98 Å². The minimum Gasteiger partial charge on any atom is -0.375 e. The highest BCUT2D eigenvalue weighted by Crippen LogP contribution is 2.16. The van der Waals surface area contributed by atoms with Gasteiger partial charge in [-0.2, -0.15) is 4.98 Å². The summed E-state index contributed by atoms with van der Waals surface area (Å²) < 4.78 is 5.15. The second-order valence-electron chi connectivity index (χ2n) is 3.58. The molecule has 6 nitrogen and oxygen atoms in total. The highest BCUT2D eigenvalue weighted by Gasteiger charge is 2.11. The van der Waals surface area contributed by atoms with Crippen LogP contribution in [0, 0.1) is 0 Å². The van der Waals surface area contributed by atoms with Crippen LogP contribution in [-0.2, 0) is 6.42 Å². The van der Waals surface area contributed by atoms with Crippen LogP contribution in [0.2, 0.25) is 0 Å². The SMILES string of the molecule is Nc1nc(Cc2nc(-c3ccccn3)no2)cs1. The molecule has 0 atom stereocenters. The van der Waals surface area contributed by atoms with Crippen LogP contribution in [0.1, 0.15) is 11.6 Å². The number of pyridine rings is 1. The van der Waals surface area contributed by atoms with E-state index < -0.39 is 0 Å². The van der Waals surface area contributed by atoms with Crippen molar-refractivity contribution in [3.8, 4) is 11.5 Å². The van der Waals surface area contributed by atoms with Gasteiger partial charge in [-0.25, -0.2) is 4.98 Å². The smallest absolute Gasteiger partial charge is 0.233 e. The third kappa shape index (κ3) is 2.21. The van der Waals surface area contributed by atoms with Gasteiger partial charge in [-0.15, -0.1) is 11.3 Å². The molecule has 2 N–H and O–H groups in total. The van der Waals surface area contributed by atoms with Crippen molar-refractivity contribution in [3.63, 3.8) is 0 Å². The number of nitrogens with two attached hydrogens (primary N) is 1. The first-order valence-electron chi connectivity index (χ1n) is 5.25. The molecule has 0 spiro atoms. The summed E-state index contributed by atoms with van der Waals surface area (Å²) in [4.78, 5) is 12.6. The summed E-state index contributed by atoms with van der Waals surface area (Å²) in [6.07, 6.45) is 2.17.